The highest BCUT2D eigenvalue weighted by Crippen LogP contribution is 2.03. The van der Waals surface area contributed by atoms with Gasteiger partial charge in [0.1, 0.15) is 0 Å². The lowest BCUT2D eigenvalue weighted by Gasteiger charge is -2.16. The molecule has 0 radical (unpaired) electrons. The summed E-state index contributed by atoms with van der Waals surface area (Å²) in [5.74, 6) is 6.62. The van der Waals surface area contributed by atoms with E-state index in [-0.39, 0.29) is 6.42 Å². The molecule has 0 aliphatic carbocycles. The quantitative estimate of drug-likeness (QED) is 0.638. The van der Waals surface area contributed by atoms with Gasteiger partial charge in [0.05, 0.1) is 6.10 Å². The second-order valence-corrected chi connectivity index (χ2v) is 4.52. The van der Waals surface area contributed by atoms with Crippen LogP contribution in [0.4, 0.5) is 0 Å². The molecule has 21 heavy (non-hydrogen) atoms. The van der Waals surface area contributed by atoms with Crippen molar-refractivity contribution in [1.29, 1.82) is 0 Å². The molecule has 0 heterocycles. The van der Waals surface area contributed by atoms with E-state index in [9.17, 15) is 15.0 Å². The second kappa shape index (κ2) is 9.61. The molecule has 0 aliphatic rings. The third-order valence-electron chi connectivity index (χ3n) is 2.91. The lowest BCUT2D eigenvalue weighted by Crippen LogP contribution is -2.42. The minimum absolute atomic E-state index is 0.196. The van der Waals surface area contributed by atoms with Crippen molar-refractivity contribution in [3.63, 3.8) is 0 Å². The van der Waals surface area contributed by atoms with Crippen LogP contribution in [0.1, 0.15) is 18.4 Å². The summed E-state index contributed by atoms with van der Waals surface area (Å²) in [4.78, 5) is 11.7. The van der Waals surface area contributed by atoms with E-state index in [2.05, 4.69) is 23.1 Å². The zero-order valence-electron chi connectivity index (χ0n) is 11.7. The van der Waals surface area contributed by atoms with Crippen LogP contribution in [0.2, 0.25) is 0 Å². The third kappa shape index (κ3) is 6.63. The number of benzene rings is 1. The first-order chi connectivity index (χ1) is 10.1. The van der Waals surface area contributed by atoms with Crippen molar-refractivity contribution >= 4 is 5.91 Å². The van der Waals surface area contributed by atoms with E-state index >= 15 is 0 Å². The topological polar surface area (TPSA) is 69.6 Å². The van der Waals surface area contributed by atoms with Crippen LogP contribution < -0.4 is 5.32 Å². The fraction of sp³-hybridized carbons (Fsp3) is 0.353. The Morgan fingerprint density at radius 2 is 2.00 bits per heavy atom. The van der Waals surface area contributed by atoms with Gasteiger partial charge in [0.2, 0.25) is 0 Å². The molecule has 0 aromatic heterocycles. The van der Waals surface area contributed by atoms with Gasteiger partial charge in [-0.2, -0.15) is 0 Å². The predicted octanol–water partition coefficient (Wildman–Crippen LogP) is 0.484. The molecule has 3 N–H and O–H groups in total. The summed E-state index contributed by atoms with van der Waals surface area (Å²) in [6.07, 6.45) is 3.56. The third-order valence-corrected chi connectivity index (χ3v) is 2.91. The van der Waals surface area contributed by atoms with Crippen LogP contribution in [-0.2, 0) is 11.2 Å². The van der Waals surface area contributed by atoms with Crippen molar-refractivity contribution in [3.8, 4) is 24.2 Å². The van der Waals surface area contributed by atoms with Gasteiger partial charge in [-0.3, -0.25) is 4.79 Å². The van der Waals surface area contributed by atoms with Crippen LogP contribution in [0.3, 0.4) is 0 Å². The van der Waals surface area contributed by atoms with E-state index in [1.165, 1.54) is 0 Å². The Balaban J connectivity index is 2.28. The number of aliphatic hydroxyl groups excluding tert-OH is 2. The minimum atomic E-state index is -1.45. The normalized spacial score (nSPS) is 12.4. The Bertz CT molecular complexity index is 537. The van der Waals surface area contributed by atoms with Gasteiger partial charge in [0.25, 0.3) is 5.91 Å². The average molecular weight is 285 g/mol. The maximum absolute atomic E-state index is 11.7. The van der Waals surface area contributed by atoms with Gasteiger partial charge < -0.3 is 15.5 Å². The first kappa shape index (κ1) is 16.8. The molecule has 0 fully saturated rings. The van der Waals surface area contributed by atoms with E-state index in [0.29, 0.717) is 19.4 Å². The van der Waals surface area contributed by atoms with Crippen molar-refractivity contribution in [2.75, 3.05) is 6.54 Å². The van der Waals surface area contributed by atoms with Crippen LogP contribution in [0.5, 0.6) is 0 Å². The maximum atomic E-state index is 11.7. The van der Waals surface area contributed by atoms with Crippen LogP contribution in [0.15, 0.2) is 30.3 Å². The molecule has 2 atom stereocenters. The van der Waals surface area contributed by atoms with Crippen LogP contribution in [0, 0.1) is 24.2 Å². The summed E-state index contributed by atoms with van der Waals surface area (Å²) in [7, 11) is 0. The van der Waals surface area contributed by atoms with Crippen molar-refractivity contribution in [3.05, 3.63) is 35.9 Å². The molecule has 1 amide bonds. The molecule has 0 saturated carbocycles. The highest BCUT2D eigenvalue weighted by Gasteiger charge is 2.23. The van der Waals surface area contributed by atoms with Crippen LogP contribution in [0.25, 0.3) is 0 Å². The van der Waals surface area contributed by atoms with E-state index in [1.807, 2.05) is 30.3 Å². The molecule has 1 rings (SSSR count). The van der Waals surface area contributed by atoms with E-state index in [0.717, 1.165) is 5.56 Å². The maximum Gasteiger partial charge on any atom is 0.251 e. The standard InChI is InChI=1S/C17H19NO3/c1-2-3-4-8-11-15(19)16(20)17(21)18-13-12-14-9-6-5-7-10-14/h1,5-7,9-10,15-16,19-20H,8,11-13H2,(H,18,21). The Kier molecular flexibility index (Phi) is 7.68. The molecule has 2 unspecified atom stereocenters. The molecule has 0 bridgehead atoms. The van der Waals surface area contributed by atoms with Gasteiger partial charge >= 0.3 is 0 Å². The second-order valence-electron chi connectivity index (χ2n) is 4.52. The van der Waals surface area contributed by atoms with Gasteiger partial charge in [0, 0.05) is 13.0 Å². The molecule has 110 valence electrons. The van der Waals surface area contributed by atoms with Gasteiger partial charge in [-0.05, 0) is 30.2 Å². The van der Waals surface area contributed by atoms with Gasteiger partial charge in [-0.15, -0.1) is 6.42 Å². The Morgan fingerprint density at radius 3 is 2.67 bits per heavy atom. The van der Waals surface area contributed by atoms with Crippen LogP contribution >= 0.6 is 0 Å². The summed E-state index contributed by atoms with van der Waals surface area (Å²) >= 11 is 0. The number of amides is 1. The SMILES string of the molecule is C#CC#CCCC(O)C(O)C(=O)NCCc1ccccc1. The van der Waals surface area contributed by atoms with Crippen molar-refractivity contribution in [1.82, 2.24) is 5.32 Å². The summed E-state index contributed by atoms with van der Waals surface area (Å²) in [5, 5.41) is 22.0. The number of carbonyl (C=O) groups is 1. The summed E-state index contributed by atoms with van der Waals surface area (Å²) in [6, 6.07) is 9.69. The monoisotopic (exact) mass is 285 g/mol. The molecule has 1 aromatic rings. The fourth-order valence-electron chi connectivity index (χ4n) is 1.75. The van der Waals surface area contributed by atoms with E-state index in [1.54, 1.807) is 0 Å². The average Bonchev–Trinajstić information content (AvgIpc) is 2.51. The van der Waals surface area contributed by atoms with Gasteiger partial charge in [-0.25, -0.2) is 0 Å². The highest BCUT2D eigenvalue weighted by molar-refractivity contribution is 5.81. The Morgan fingerprint density at radius 1 is 1.29 bits per heavy atom. The van der Waals surface area contributed by atoms with Gasteiger partial charge in [-0.1, -0.05) is 36.3 Å². The first-order valence-corrected chi connectivity index (χ1v) is 6.76. The fourth-order valence-corrected chi connectivity index (χ4v) is 1.75. The highest BCUT2D eigenvalue weighted by atomic mass is 16.3. The number of hydrogen-bond acceptors (Lipinski definition) is 3. The van der Waals surface area contributed by atoms with Crippen molar-refractivity contribution in [2.24, 2.45) is 0 Å². The molecule has 0 saturated heterocycles. The van der Waals surface area contributed by atoms with Crippen LogP contribution in [-0.4, -0.2) is 34.9 Å². The first-order valence-electron chi connectivity index (χ1n) is 6.76. The Labute approximate surface area is 125 Å². The molecule has 0 aliphatic heterocycles. The molecular weight excluding hydrogens is 266 g/mol. The van der Waals surface area contributed by atoms with Crippen molar-refractivity contribution < 1.29 is 15.0 Å². The molecule has 0 spiro atoms. The number of terminal acetylenes is 1. The summed E-state index contributed by atoms with van der Waals surface area (Å²) < 4.78 is 0. The summed E-state index contributed by atoms with van der Waals surface area (Å²) in [6.45, 7) is 0.406. The Hall–Kier alpha value is -2.27. The number of aliphatic hydroxyl groups is 2. The lowest BCUT2D eigenvalue weighted by atomic mass is 10.1. The van der Waals surface area contributed by atoms with Crippen molar-refractivity contribution in [2.45, 2.75) is 31.5 Å². The zero-order chi connectivity index (χ0) is 15.5. The molecular formula is C17H19NO3. The lowest BCUT2D eigenvalue weighted by molar-refractivity contribution is -0.135. The van der Waals surface area contributed by atoms with E-state index in [4.69, 9.17) is 6.42 Å². The number of hydrogen-bond donors (Lipinski definition) is 3. The molecule has 1 aromatic carbocycles. The minimum Gasteiger partial charge on any atom is -0.390 e. The smallest absolute Gasteiger partial charge is 0.251 e. The number of rotatable bonds is 7. The summed E-state index contributed by atoms with van der Waals surface area (Å²) in [5.41, 5.74) is 1.09. The largest absolute Gasteiger partial charge is 0.390 e. The van der Waals surface area contributed by atoms with E-state index < -0.39 is 18.1 Å². The van der Waals surface area contributed by atoms with Gasteiger partial charge in [0.15, 0.2) is 6.10 Å². The predicted molar refractivity (Wildman–Crippen MR) is 81.0 cm³/mol. The number of carbonyl (C=O) groups excluding carboxylic acids is 1. The zero-order valence-corrected chi connectivity index (χ0v) is 11.7. The number of nitrogens with one attached hydrogen (secondary N) is 1. The molecule has 4 nitrogen and oxygen atoms in total. The molecule has 4 heteroatoms.